The molecule has 0 bridgehead atoms. The van der Waals surface area contributed by atoms with E-state index in [1.54, 1.807) is 42.9 Å². The molecule has 0 spiro atoms. The lowest BCUT2D eigenvalue weighted by atomic mass is 10.0. The summed E-state index contributed by atoms with van der Waals surface area (Å²) >= 11 is 3.31. The summed E-state index contributed by atoms with van der Waals surface area (Å²) in [5, 5.41) is 12.9. The molecule has 1 atom stereocenters. The molecule has 102 valence electrons. The van der Waals surface area contributed by atoms with Gasteiger partial charge >= 0.3 is 0 Å². The van der Waals surface area contributed by atoms with Crippen LogP contribution in [0.25, 0.3) is 0 Å². The molecular weight excluding hydrogens is 312 g/mol. The molecule has 0 saturated carbocycles. The summed E-state index contributed by atoms with van der Waals surface area (Å²) < 4.78 is 7.69. The number of nitrogens with one attached hydrogen (secondary N) is 1. The predicted octanol–water partition coefficient (Wildman–Crippen LogP) is 2.02. The molecule has 2 N–H and O–H groups in total. The Morgan fingerprint density at radius 2 is 2.37 bits per heavy atom. The number of hydrogen-bond donors (Lipinski definition) is 2. The Labute approximate surface area is 119 Å². The highest BCUT2D eigenvalue weighted by atomic mass is 79.9. The normalized spacial score (nSPS) is 14.1. The van der Waals surface area contributed by atoms with E-state index in [2.05, 4.69) is 21.2 Å². The maximum absolute atomic E-state index is 12.0. The molecule has 0 saturated heterocycles. The highest BCUT2D eigenvalue weighted by molar-refractivity contribution is 9.10. The zero-order valence-electron chi connectivity index (χ0n) is 10.7. The third-order valence-electron chi connectivity index (χ3n) is 2.85. The van der Waals surface area contributed by atoms with E-state index >= 15 is 0 Å². The van der Waals surface area contributed by atoms with E-state index in [-0.39, 0.29) is 12.5 Å². The minimum atomic E-state index is -1.23. The van der Waals surface area contributed by atoms with E-state index in [1.165, 1.54) is 6.26 Å². The van der Waals surface area contributed by atoms with Gasteiger partial charge in [0, 0.05) is 17.7 Å². The van der Waals surface area contributed by atoms with E-state index in [4.69, 9.17) is 4.42 Å². The second kappa shape index (κ2) is 5.22. The number of amides is 1. The van der Waals surface area contributed by atoms with Crippen LogP contribution in [0.1, 0.15) is 23.2 Å². The third kappa shape index (κ3) is 3.08. The van der Waals surface area contributed by atoms with Crippen LogP contribution in [0, 0.1) is 0 Å². The minimum absolute atomic E-state index is 0.0716. The first-order chi connectivity index (χ1) is 8.90. The summed E-state index contributed by atoms with van der Waals surface area (Å²) in [5.41, 5.74) is -0.719. The van der Waals surface area contributed by atoms with Crippen LogP contribution in [0.3, 0.4) is 0 Å². The standard InChI is InChI=1S/C13H15BrN2O3/c1-13(18,11-4-3-5-19-11)8-15-12(17)10-6-9(14)7-16(10)2/h3-7,18H,8H2,1-2H3,(H,15,17). The number of nitrogens with zero attached hydrogens (tertiary/aromatic N) is 1. The van der Waals surface area contributed by atoms with Crippen LogP contribution in [-0.2, 0) is 12.6 Å². The first kappa shape index (κ1) is 13.9. The van der Waals surface area contributed by atoms with Crippen molar-refractivity contribution in [1.82, 2.24) is 9.88 Å². The predicted molar refractivity (Wildman–Crippen MR) is 73.7 cm³/mol. The molecule has 1 amide bonds. The number of hydrogen-bond acceptors (Lipinski definition) is 3. The molecule has 2 aromatic rings. The van der Waals surface area contributed by atoms with Gasteiger partial charge in [-0.25, -0.2) is 0 Å². The van der Waals surface area contributed by atoms with Gasteiger partial charge in [0.05, 0.1) is 12.8 Å². The molecule has 2 heterocycles. The van der Waals surface area contributed by atoms with Gasteiger partial charge in [-0.1, -0.05) is 0 Å². The minimum Gasteiger partial charge on any atom is -0.466 e. The van der Waals surface area contributed by atoms with E-state index in [9.17, 15) is 9.90 Å². The van der Waals surface area contributed by atoms with Crippen molar-refractivity contribution < 1.29 is 14.3 Å². The van der Waals surface area contributed by atoms with Crippen molar-refractivity contribution in [2.24, 2.45) is 7.05 Å². The topological polar surface area (TPSA) is 67.4 Å². The lowest BCUT2D eigenvalue weighted by Gasteiger charge is -2.21. The number of aromatic nitrogens is 1. The van der Waals surface area contributed by atoms with Crippen molar-refractivity contribution in [3.8, 4) is 0 Å². The smallest absolute Gasteiger partial charge is 0.268 e. The van der Waals surface area contributed by atoms with Crippen LogP contribution in [0.4, 0.5) is 0 Å². The van der Waals surface area contributed by atoms with Gasteiger partial charge in [0.1, 0.15) is 17.1 Å². The van der Waals surface area contributed by atoms with E-state index < -0.39 is 5.60 Å². The molecule has 0 fully saturated rings. The molecule has 0 aliphatic carbocycles. The molecule has 0 radical (unpaired) electrons. The van der Waals surface area contributed by atoms with Gasteiger partial charge in [-0.15, -0.1) is 0 Å². The zero-order chi connectivity index (χ0) is 14.0. The average Bonchev–Trinajstić information content (AvgIpc) is 2.96. The summed E-state index contributed by atoms with van der Waals surface area (Å²) in [6.07, 6.45) is 3.28. The maximum Gasteiger partial charge on any atom is 0.268 e. The van der Waals surface area contributed by atoms with Crippen molar-refractivity contribution in [2.75, 3.05) is 6.54 Å². The Balaban J connectivity index is 2.03. The Bertz CT molecular complexity index is 573. The largest absolute Gasteiger partial charge is 0.466 e. The summed E-state index contributed by atoms with van der Waals surface area (Å²) in [4.78, 5) is 12.0. The maximum atomic E-state index is 12.0. The van der Waals surface area contributed by atoms with Crippen molar-refractivity contribution in [3.63, 3.8) is 0 Å². The summed E-state index contributed by atoms with van der Waals surface area (Å²) in [7, 11) is 1.78. The van der Waals surface area contributed by atoms with Crippen LogP contribution < -0.4 is 5.32 Å². The van der Waals surface area contributed by atoms with E-state index in [0.717, 1.165) is 4.47 Å². The monoisotopic (exact) mass is 326 g/mol. The SMILES string of the molecule is Cn1cc(Br)cc1C(=O)NCC(C)(O)c1ccco1. The van der Waals surface area contributed by atoms with Crippen LogP contribution >= 0.6 is 15.9 Å². The molecule has 2 aromatic heterocycles. The van der Waals surface area contributed by atoms with Gasteiger partial charge in [0.25, 0.3) is 5.91 Å². The second-order valence-corrected chi connectivity index (χ2v) is 5.50. The zero-order valence-corrected chi connectivity index (χ0v) is 12.3. The molecule has 0 aromatic carbocycles. The van der Waals surface area contributed by atoms with Gasteiger partial charge in [0.15, 0.2) is 0 Å². The molecule has 0 aliphatic rings. The van der Waals surface area contributed by atoms with Gasteiger partial charge < -0.3 is 19.4 Å². The molecule has 0 aliphatic heterocycles. The fourth-order valence-corrected chi connectivity index (χ4v) is 2.29. The number of carbonyl (C=O) groups excluding carboxylic acids is 1. The fourth-order valence-electron chi connectivity index (χ4n) is 1.77. The van der Waals surface area contributed by atoms with Gasteiger partial charge in [-0.05, 0) is 41.1 Å². The Morgan fingerprint density at radius 1 is 1.63 bits per heavy atom. The lowest BCUT2D eigenvalue weighted by Crippen LogP contribution is -2.38. The fraction of sp³-hybridized carbons (Fsp3) is 0.308. The average molecular weight is 327 g/mol. The highest BCUT2D eigenvalue weighted by Crippen LogP contribution is 2.20. The molecule has 1 unspecified atom stereocenters. The molecular formula is C13H15BrN2O3. The number of halogens is 1. The lowest BCUT2D eigenvalue weighted by molar-refractivity contribution is 0.0329. The molecule has 6 heteroatoms. The van der Waals surface area contributed by atoms with Crippen LogP contribution in [0.2, 0.25) is 0 Å². The summed E-state index contributed by atoms with van der Waals surface area (Å²) in [5.74, 6) is 0.167. The van der Waals surface area contributed by atoms with Crippen molar-refractivity contribution in [2.45, 2.75) is 12.5 Å². The number of rotatable bonds is 4. The Morgan fingerprint density at radius 3 is 2.89 bits per heavy atom. The van der Waals surface area contributed by atoms with Gasteiger partial charge in [0.2, 0.25) is 0 Å². The van der Waals surface area contributed by atoms with Gasteiger partial charge in [-0.3, -0.25) is 4.79 Å². The molecule has 19 heavy (non-hydrogen) atoms. The molecule has 5 nitrogen and oxygen atoms in total. The van der Waals surface area contributed by atoms with E-state index in [1.807, 2.05) is 0 Å². The third-order valence-corrected chi connectivity index (χ3v) is 3.28. The van der Waals surface area contributed by atoms with E-state index in [0.29, 0.717) is 11.5 Å². The van der Waals surface area contributed by atoms with Crippen molar-refractivity contribution in [1.29, 1.82) is 0 Å². The van der Waals surface area contributed by atoms with Crippen molar-refractivity contribution >= 4 is 21.8 Å². The number of carbonyl (C=O) groups is 1. The summed E-state index contributed by atoms with van der Waals surface area (Å²) in [6.45, 7) is 1.66. The number of aliphatic hydroxyl groups is 1. The van der Waals surface area contributed by atoms with Crippen LogP contribution in [0.5, 0.6) is 0 Å². The first-order valence-corrected chi connectivity index (χ1v) is 6.56. The molecule has 2 rings (SSSR count). The quantitative estimate of drug-likeness (QED) is 0.903. The van der Waals surface area contributed by atoms with Crippen molar-refractivity contribution in [3.05, 3.63) is 46.6 Å². The number of furan rings is 1. The highest BCUT2D eigenvalue weighted by Gasteiger charge is 2.27. The Kier molecular flexibility index (Phi) is 3.82. The first-order valence-electron chi connectivity index (χ1n) is 5.76. The summed E-state index contributed by atoms with van der Waals surface area (Å²) in [6, 6.07) is 5.09. The Hall–Kier alpha value is -1.53. The van der Waals surface area contributed by atoms with Gasteiger partial charge in [-0.2, -0.15) is 0 Å². The second-order valence-electron chi connectivity index (χ2n) is 4.59. The van der Waals surface area contributed by atoms with Crippen LogP contribution in [0.15, 0.2) is 39.5 Å². The number of aryl methyl sites for hydroxylation is 1. The van der Waals surface area contributed by atoms with Crippen LogP contribution in [-0.4, -0.2) is 22.1 Å².